The van der Waals surface area contributed by atoms with E-state index in [-0.39, 0.29) is 11.5 Å². The SMILES string of the molecule is N#CC(C(=O)c1cc(-c2ccccc2)ccn1)c1nccs1. The Kier molecular flexibility index (Phi) is 4.03. The van der Waals surface area contributed by atoms with Crippen LogP contribution in [0.25, 0.3) is 11.1 Å². The van der Waals surface area contributed by atoms with Crippen LogP contribution in [0, 0.1) is 11.3 Å². The molecule has 2 heterocycles. The fourth-order valence-corrected chi connectivity index (χ4v) is 2.81. The number of rotatable bonds is 4. The predicted octanol–water partition coefficient (Wildman–Crippen LogP) is 3.70. The van der Waals surface area contributed by atoms with Gasteiger partial charge in [0.05, 0.1) is 6.07 Å². The molecule has 0 fully saturated rings. The van der Waals surface area contributed by atoms with Crippen molar-refractivity contribution in [1.29, 1.82) is 5.26 Å². The van der Waals surface area contributed by atoms with Crippen LogP contribution in [0.3, 0.4) is 0 Å². The van der Waals surface area contributed by atoms with Gasteiger partial charge in [0.25, 0.3) is 0 Å². The zero-order chi connectivity index (χ0) is 15.4. The van der Waals surface area contributed by atoms with E-state index in [0.717, 1.165) is 11.1 Å². The summed E-state index contributed by atoms with van der Waals surface area (Å²) in [5.41, 5.74) is 2.18. The van der Waals surface area contributed by atoms with Crippen LogP contribution in [-0.2, 0) is 0 Å². The molecule has 1 atom stereocenters. The van der Waals surface area contributed by atoms with Gasteiger partial charge in [-0.2, -0.15) is 5.26 Å². The van der Waals surface area contributed by atoms with Crippen molar-refractivity contribution in [3.05, 3.63) is 70.9 Å². The number of ketones is 1. The fraction of sp³-hybridized carbons (Fsp3) is 0.0588. The van der Waals surface area contributed by atoms with Crippen LogP contribution in [0.15, 0.2) is 60.2 Å². The normalized spacial score (nSPS) is 11.6. The van der Waals surface area contributed by atoms with Gasteiger partial charge < -0.3 is 0 Å². The molecular formula is C17H11N3OS. The van der Waals surface area contributed by atoms with Gasteiger partial charge in [0, 0.05) is 17.8 Å². The largest absolute Gasteiger partial charge is 0.290 e. The first-order valence-electron chi connectivity index (χ1n) is 6.64. The summed E-state index contributed by atoms with van der Waals surface area (Å²) in [4.78, 5) is 20.7. The lowest BCUT2D eigenvalue weighted by Gasteiger charge is -2.07. The van der Waals surface area contributed by atoms with Crippen LogP contribution in [0.4, 0.5) is 0 Å². The van der Waals surface area contributed by atoms with E-state index in [1.807, 2.05) is 42.5 Å². The van der Waals surface area contributed by atoms with Gasteiger partial charge in [-0.05, 0) is 23.3 Å². The van der Waals surface area contributed by atoms with Crippen molar-refractivity contribution in [3.8, 4) is 17.2 Å². The molecule has 0 aliphatic carbocycles. The summed E-state index contributed by atoms with van der Waals surface area (Å²) in [6.07, 6.45) is 3.18. The Balaban J connectivity index is 1.95. The molecule has 0 aliphatic heterocycles. The van der Waals surface area contributed by atoms with Crippen LogP contribution in [-0.4, -0.2) is 15.8 Å². The van der Waals surface area contributed by atoms with E-state index < -0.39 is 5.92 Å². The zero-order valence-corrected chi connectivity index (χ0v) is 12.3. The highest BCUT2D eigenvalue weighted by atomic mass is 32.1. The Morgan fingerprint density at radius 1 is 1.09 bits per heavy atom. The highest BCUT2D eigenvalue weighted by Gasteiger charge is 2.25. The molecule has 0 saturated heterocycles. The molecule has 0 aliphatic rings. The van der Waals surface area contributed by atoms with Crippen LogP contribution in [0.1, 0.15) is 21.4 Å². The summed E-state index contributed by atoms with van der Waals surface area (Å²) in [5.74, 6) is -1.23. The topological polar surface area (TPSA) is 66.6 Å². The van der Waals surface area contributed by atoms with E-state index in [1.54, 1.807) is 23.8 Å². The first-order chi connectivity index (χ1) is 10.8. The second-order valence-corrected chi connectivity index (χ2v) is 5.52. The average molecular weight is 305 g/mol. The van der Waals surface area contributed by atoms with Crippen LogP contribution in [0.2, 0.25) is 0 Å². The van der Waals surface area contributed by atoms with Gasteiger partial charge in [-0.15, -0.1) is 11.3 Å². The molecule has 1 aromatic carbocycles. The number of aromatic nitrogens is 2. The van der Waals surface area contributed by atoms with E-state index in [1.165, 1.54) is 11.3 Å². The van der Waals surface area contributed by atoms with E-state index in [9.17, 15) is 10.1 Å². The highest BCUT2D eigenvalue weighted by molar-refractivity contribution is 7.09. The summed E-state index contributed by atoms with van der Waals surface area (Å²) in [5, 5.41) is 11.5. The number of carbonyl (C=O) groups excluding carboxylic acids is 1. The van der Waals surface area contributed by atoms with Gasteiger partial charge in [0.15, 0.2) is 5.92 Å². The quantitative estimate of drug-likeness (QED) is 0.689. The number of benzene rings is 1. The van der Waals surface area contributed by atoms with Crippen molar-refractivity contribution < 1.29 is 4.79 Å². The third-order valence-electron chi connectivity index (χ3n) is 3.21. The summed E-state index contributed by atoms with van der Waals surface area (Å²) in [7, 11) is 0. The number of carbonyl (C=O) groups is 1. The zero-order valence-electron chi connectivity index (χ0n) is 11.5. The molecule has 106 valence electrons. The lowest BCUT2D eigenvalue weighted by molar-refractivity contribution is 0.0974. The smallest absolute Gasteiger partial charge is 0.205 e. The lowest BCUT2D eigenvalue weighted by atomic mass is 10.00. The van der Waals surface area contributed by atoms with Crippen LogP contribution >= 0.6 is 11.3 Å². The summed E-state index contributed by atoms with van der Waals surface area (Å²) in [6.45, 7) is 0. The molecule has 2 aromatic heterocycles. The molecule has 22 heavy (non-hydrogen) atoms. The maximum absolute atomic E-state index is 12.5. The summed E-state index contributed by atoms with van der Waals surface area (Å²) in [6, 6.07) is 15.3. The minimum atomic E-state index is -0.904. The van der Waals surface area contributed by atoms with Gasteiger partial charge in [-0.1, -0.05) is 30.3 Å². The number of hydrogen-bond acceptors (Lipinski definition) is 5. The number of nitrogens with zero attached hydrogens (tertiary/aromatic N) is 3. The van der Waals surface area contributed by atoms with Crippen LogP contribution in [0.5, 0.6) is 0 Å². The Hall–Kier alpha value is -2.84. The first kappa shape index (κ1) is 14.1. The highest BCUT2D eigenvalue weighted by Crippen LogP contribution is 2.24. The van der Waals surface area contributed by atoms with Crippen molar-refractivity contribution in [2.45, 2.75) is 5.92 Å². The Labute approximate surface area is 131 Å². The first-order valence-corrected chi connectivity index (χ1v) is 7.52. The van der Waals surface area contributed by atoms with Crippen molar-refractivity contribution in [2.75, 3.05) is 0 Å². The van der Waals surface area contributed by atoms with E-state index in [0.29, 0.717) is 5.01 Å². The third-order valence-corrected chi connectivity index (χ3v) is 4.05. The Bertz CT molecular complexity index is 823. The number of pyridine rings is 1. The standard InChI is InChI=1S/C17H11N3OS/c18-11-14(17-20-8-9-22-17)16(21)15-10-13(6-7-19-15)12-4-2-1-3-5-12/h1-10,14H. The molecule has 4 nitrogen and oxygen atoms in total. The van der Waals surface area contributed by atoms with Crippen LogP contribution < -0.4 is 0 Å². The predicted molar refractivity (Wildman–Crippen MR) is 84.5 cm³/mol. The number of Topliss-reactive ketones (excluding diaryl/α,β-unsaturated/α-hetero) is 1. The van der Waals surface area contributed by atoms with E-state index in [4.69, 9.17) is 0 Å². The van der Waals surface area contributed by atoms with Crippen molar-refractivity contribution >= 4 is 17.1 Å². The third kappa shape index (κ3) is 2.78. The minimum Gasteiger partial charge on any atom is -0.290 e. The minimum absolute atomic E-state index is 0.281. The number of nitriles is 1. The molecule has 5 heteroatoms. The molecule has 0 amide bonds. The van der Waals surface area contributed by atoms with Crippen molar-refractivity contribution in [1.82, 2.24) is 9.97 Å². The monoisotopic (exact) mass is 305 g/mol. The van der Waals surface area contributed by atoms with E-state index in [2.05, 4.69) is 9.97 Å². The molecule has 0 radical (unpaired) electrons. The van der Waals surface area contributed by atoms with Gasteiger partial charge in [0.2, 0.25) is 5.78 Å². The number of hydrogen-bond donors (Lipinski definition) is 0. The number of thiazole rings is 1. The molecule has 3 aromatic rings. The molecular weight excluding hydrogens is 294 g/mol. The lowest BCUT2D eigenvalue weighted by Crippen LogP contribution is -2.12. The average Bonchev–Trinajstić information content (AvgIpc) is 3.11. The van der Waals surface area contributed by atoms with Gasteiger partial charge in [-0.3, -0.25) is 9.78 Å². The Morgan fingerprint density at radius 3 is 2.59 bits per heavy atom. The fourth-order valence-electron chi connectivity index (χ4n) is 2.13. The van der Waals surface area contributed by atoms with Gasteiger partial charge in [0.1, 0.15) is 10.7 Å². The second kappa shape index (κ2) is 6.29. The maximum Gasteiger partial charge on any atom is 0.205 e. The molecule has 3 rings (SSSR count). The van der Waals surface area contributed by atoms with Gasteiger partial charge >= 0.3 is 0 Å². The Morgan fingerprint density at radius 2 is 1.91 bits per heavy atom. The summed E-state index contributed by atoms with van der Waals surface area (Å²) < 4.78 is 0. The second-order valence-electron chi connectivity index (χ2n) is 4.59. The molecule has 0 bridgehead atoms. The molecule has 1 unspecified atom stereocenters. The van der Waals surface area contributed by atoms with Gasteiger partial charge in [-0.25, -0.2) is 4.98 Å². The molecule has 0 N–H and O–H groups in total. The molecule has 0 saturated carbocycles. The van der Waals surface area contributed by atoms with Crippen molar-refractivity contribution in [2.24, 2.45) is 0 Å². The van der Waals surface area contributed by atoms with E-state index >= 15 is 0 Å². The summed E-state index contributed by atoms with van der Waals surface area (Å²) >= 11 is 1.30. The van der Waals surface area contributed by atoms with Crippen molar-refractivity contribution in [3.63, 3.8) is 0 Å². The maximum atomic E-state index is 12.5. The molecule has 0 spiro atoms.